The van der Waals surface area contributed by atoms with E-state index in [4.69, 9.17) is 9.57 Å². The molecule has 0 saturated heterocycles. The maximum Gasteiger partial charge on any atom is 0.124 e. The van der Waals surface area contributed by atoms with Gasteiger partial charge in [-0.1, -0.05) is 36.4 Å². The summed E-state index contributed by atoms with van der Waals surface area (Å²) in [5.41, 5.74) is 6.68. The van der Waals surface area contributed by atoms with Crippen LogP contribution in [0, 0.1) is 0 Å². The van der Waals surface area contributed by atoms with Gasteiger partial charge in [0.05, 0.1) is 19.8 Å². The summed E-state index contributed by atoms with van der Waals surface area (Å²) in [4.78, 5) is 5.13. The predicted molar refractivity (Wildman–Crippen MR) is 79.5 cm³/mol. The molecule has 1 heterocycles. The SMILES string of the molecule is CONC1CCCOc2ccc(-c3ccccc3)cc21. The van der Waals surface area contributed by atoms with Gasteiger partial charge in [0.15, 0.2) is 0 Å². The monoisotopic (exact) mass is 269 g/mol. The van der Waals surface area contributed by atoms with Crippen molar-refractivity contribution in [3.8, 4) is 16.9 Å². The molecule has 1 unspecified atom stereocenters. The maximum atomic E-state index is 5.82. The van der Waals surface area contributed by atoms with E-state index < -0.39 is 0 Å². The van der Waals surface area contributed by atoms with E-state index in [1.807, 2.05) is 6.07 Å². The molecular weight excluding hydrogens is 250 g/mol. The lowest BCUT2D eigenvalue weighted by atomic mass is 9.97. The minimum absolute atomic E-state index is 0.182. The van der Waals surface area contributed by atoms with Crippen LogP contribution < -0.4 is 10.2 Å². The lowest BCUT2D eigenvalue weighted by Crippen LogP contribution is -2.19. The Kier molecular flexibility index (Phi) is 4.00. The van der Waals surface area contributed by atoms with Crippen molar-refractivity contribution in [3.05, 3.63) is 54.1 Å². The summed E-state index contributed by atoms with van der Waals surface area (Å²) in [5.74, 6) is 0.955. The topological polar surface area (TPSA) is 30.5 Å². The highest BCUT2D eigenvalue weighted by Crippen LogP contribution is 2.34. The van der Waals surface area contributed by atoms with Crippen molar-refractivity contribution in [2.45, 2.75) is 18.9 Å². The minimum Gasteiger partial charge on any atom is -0.493 e. The van der Waals surface area contributed by atoms with Gasteiger partial charge in [0, 0.05) is 5.56 Å². The fraction of sp³-hybridized carbons (Fsp3) is 0.294. The van der Waals surface area contributed by atoms with E-state index >= 15 is 0 Å². The number of hydroxylamine groups is 1. The number of ether oxygens (including phenoxy) is 1. The van der Waals surface area contributed by atoms with Crippen molar-refractivity contribution in [1.82, 2.24) is 5.48 Å². The summed E-state index contributed by atoms with van der Waals surface area (Å²) in [7, 11) is 1.66. The number of rotatable bonds is 3. The van der Waals surface area contributed by atoms with E-state index in [2.05, 4.69) is 47.9 Å². The maximum absolute atomic E-state index is 5.82. The zero-order valence-corrected chi connectivity index (χ0v) is 11.6. The molecule has 0 radical (unpaired) electrons. The highest BCUT2D eigenvalue weighted by molar-refractivity contribution is 5.66. The van der Waals surface area contributed by atoms with Gasteiger partial charge in [0.25, 0.3) is 0 Å². The predicted octanol–water partition coefficient (Wildman–Crippen LogP) is 3.72. The first-order valence-corrected chi connectivity index (χ1v) is 6.99. The van der Waals surface area contributed by atoms with Crippen molar-refractivity contribution in [3.63, 3.8) is 0 Å². The largest absolute Gasteiger partial charge is 0.493 e. The van der Waals surface area contributed by atoms with E-state index in [1.54, 1.807) is 7.11 Å². The van der Waals surface area contributed by atoms with Gasteiger partial charge in [0.1, 0.15) is 5.75 Å². The van der Waals surface area contributed by atoms with Gasteiger partial charge < -0.3 is 9.57 Å². The second-order valence-electron chi connectivity index (χ2n) is 4.98. The van der Waals surface area contributed by atoms with Gasteiger partial charge in [0.2, 0.25) is 0 Å². The lowest BCUT2D eigenvalue weighted by molar-refractivity contribution is 0.0580. The Labute approximate surface area is 119 Å². The quantitative estimate of drug-likeness (QED) is 0.861. The van der Waals surface area contributed by atoms with Crippen LogP contribution in [-0.2, 0) is 4.84 Å². The molecule has 0 saturated carbocycles. The Balaban J connectivity index is 2.01. The van der Waals surface area contributed by atoms with Crippen LogP contribution in [0.4, 0.5) is 0 Å². The molecule has 0 aromatic heterocycles. The summed E-state index contributed by atoms with van der Waals surface area (Å²) < 4.78 is 5.82. The normalized spacial score (nSPS) is 17.9. The second kappa shape index (κ2) is 6.07. The smallest absolute Gasteiger partial charge is 0.124 e. The average molecular weight is 269 g/mol. The summed E-state index contributed by atoms with van der Waals surface area (Å²) in [6, 6.07) is 17.0. The minimum atomic E-state index is 0.182. The molecule has 2 aromatic carbocycles. The van der Waals surface area contributed by atoms with Gasteiger partial charge in [-0.2, -0.15) is 5.48 Å². The van der Waals surface area contributed by atoms with Crippen LogP contribution in [0.3, 0.4) is 0 Å². The molecule has 3 nitrogen and oxygen atoms in total. The average Bonchev–Trinajstić information content (AvgIpc) is 2.71. The van der Waals surface area contributed by atoms with Crippen LogP contribution in [-0.4, -0.2) is 13.7 Å². The molecule has 0 aliphatic carbocycles. The molecule has 1 aliphatic rings. The molecule has 1 N–H and O–H groups in total. The van der Waals surface area contributed by atoms with Crippen molar-refractivity contribution in [1.29, 1.82) is 0 Å². The first-order chi connectivity index (χ1) is 9.88. The molecular formula is C17H19NO2. The van der Waals surface area contributed by atoms with E-state index in [-0.39, 0.29) is 6.04 Å². The second-order valence-corrected chi connectivity index (χ2v) is 4.98. The Hall–Kier alpha value is -1.84. The standard InChI is InChI=1S/C17H19NO2/c1-19-18-16-8-5-11-20-17-10-9-14(12-15(16)17)13-6-3-2-4-7-13/h2-4,6-7,9-10,12,16,18H,5,8,11H2,1H3. The summed E-state index contributed by atoms with van der Waals surface area (Å²) >= 11 is 0. The fourth-order valence-corrected chi connectivity index (χ4v) is 2.65. The highest BCUT2D eigenvalue weighted by Gasteiger charge is 2.20. The van der Waals surface area contributed by atoms with Crippen molar-refractivity contribution in [2.24, 2.45) is 0 Å². The van der Waals surface area contributed by atoms with Crippen molar-refractivity contribution >= 4 is 0 Å². The number of fused-ring (bicyclic) bond motifs is 1. The van der Waals surface area contributed by atoms with Gasteiger partial charge in [-0.15, -0.1) is 0 Å². The third-order valence-electron chi connectivity index (χ3n) is 3.65. The fourth-order valence-electron chi connectivity index (χ4n) is 2.65. The Morgan fingerprint density at radius 2 is 1.95 bits per heavy atom. The Bertz CT molecular complexity index is 568. The summed E-state index contributed by atoms with van der Waals surface area (Å²) in [6.07, 6.45) is 2.04. The molecule has 0 fully saturated rings. The Morgan fingerprint density at radius 1 is 1.10 bits per heavy atom. The van der Waals surface area contributed by atoms with E-state index in [9.17, 15) is 0 Å². The van der Waals surface area contributed by atoms with Gasteiger partial charge in [-0.05, 0) is 36.1 Å². The molecule has 2 aromatic rings. The van der Waals surface area contributed by atoms with E-state index in [0.29, 0.717) is 0 Å². The number of hydrogen-bond donors (Lipinski definition) is 1. The number of benzene rings is 2. The molecule has 20 heavy (non-hydrogen) atoms. The van der Waals surface area contributed by atoms with Crippen LogP contribution in [0.15, 0.2) is 48.5 Å². The number of nitrogens with one attached hydrogen (secondary N) is 1. The van der Waals surface area contributed by atoms with E-state index in [1.165, 1.54) is 16.7 Å². The number of hydrogen-bond acceptors (Lipinski definition) is 3. The third-order valence-corrected chi connectivity index (χ3v) is 3.65. The Morgan fingerprint density at radius 3 is 2.75 bits per heavy atom. The molecule has 0 spiro atoms. The molecule has 104 valence electrons. The third kappa shape index (κ3) is 2.69. The van der Waals surface area contributed by atoms with Crippen LogP contribution in [0.2, 0.25) is 0 Å². The summed E-state index contributed by atoms with van der Waals surface area (Å²) in [5, 5.41) is 0. The van der Waals surface area contributed by atoms with Crippen LogP contribution in [0.1, 0.15) is 24.4 Å². The summed E-state index contributed by atoms with van der Waals surface area (Å²) in [6.45, 7) is 0.763. The van der Waals surface area contributed by atoms with Gasteiger partial charge in [-0.25, -0.2) is 0 Å². The van der Waals surface area contributed by atoms with Gasteiger partial charge >= 0.3 is 0 Å². The first kappa shape index (κ1) is 13.2. The van der Waals surface area contributed by atoms with E-state index in [0.717, 1.165) is 25.2 Å². The van der Waals surface area contributed by atoms with Crippen LogP contribution in [0.25, 0.3) is 11.1 Å². The lowest BCUT2D eigenvalue weighted by Gasteiger charge is -2.18. The zero-order valence-electron chi connectivity index (χ0n) is 11.6. The van der Waals surface area contributed by atoms with Crippen LogP contribution >= 0.6 is 0 Å². The molecule has 3 heteroatoms. The molecule has 0 bridgehead atoms. The van der Waals surface area contributed by atoms with Crippen molar-refractivity contribution in [2.75, 3.05) is 13.7 Å². The van der Waals surface area contributed by atoms with Crippen LogP contribution in [0.5, 0.6) is 5.75 Å². The van der Waals surface area contributed by atoms with Crippen molar-refractivity contribution < 1.29 is 9.57 Å². The van der Waals surface area contributed by atoms with Gasteiger partial charge in [-0.3, -0.25) is 0 Å². The first-order valence-electron chi connectivity index (χ1n) is 6.99. The highest BCUT2D eigenvalue weighted by atomic mass is 16.6. The zero-order chi connectivity index (χ0) is 13.8. The molecule has 3 rings (SSSR count). The molecule has 0 amide bonds. The molecule has 1 aliphatic heterocycles. The molecule has 1 atom stereocenters.